The van der Waals surface area contributed by atoms with E-state index in [9.17, 15) is 8.42 Å². The first kappa shape index (κ1) is 16.4. The maximum atomic E-state index is 13.0. The summed E-state index contributed by atoms with van der Waals surface area (Å²) in [5.41, 5.74) is 6.12. The van der Waals surface area contributed by atoms with E-state index in [-0.39, 0.29) is 15.9 Å². The number of sulfonamides is 1. The number of nitrogens with two attached hydrogens (primary N) is 1. The predicted octanol–water partition coefficient (Wildman–Crippen LogP) is 2.66. The van der Waals surface area contributed by atoms with Crippen LogP contribution in [0, 0.1) is 0 Å². The van der Waals surface area contributed by atoms with Crippen molar-refractivity contribution in [2.75, 3.05) is 6.54 Å². The Kier molecular flexibility index (Phi) is 5.35. The summed E-state index contributed by atoms with van der Waals surface area (Å²) in [5, 5.41) is 0. The van der Waals surface area contributed by atoms with E-state index in [0.29, 0.717) is 12.1 Å². The molecule has 1 unspecified atom stereocenters. The largest absolute Gasteiger partial charge is 0.389 e. The van der Waals surface area contributed by atoms with Crippen LogP contribution >= 0.6 is 12.2 Å². The number of thiocarbonyl (C=S) groups is 1. The van der Waals surface area contributed by atoms with Gasteiger partial charge in [-0.2, -0.15) is 4.31 Å². The van der Waals surface area contributed by atoms with Gasteiger partial charge in [0.15, 0.2) is 0 Å². The van der Waals surface area contributed by atoms with Gasteiger partial charge in [-0.25, -0.2) is 8.42 Å². The van der Waals surface area contributed by atoms with Crippen LogP contribution in [0.1, 0.15) is 44.6 Å². The number of benzene rings is 1. The lowest BCUT2D eigenvalue weighted by atomic mass is 10.1. The van der Waals surface area contributed by atoms with Crippen LogP contribution in [0.2, 0.25) is 0 Å². The fourth-order valence-electron chi connectivity index (χ4n) is 2.90. The first-order valence-corrected chi connectivity index (χ1v) is 9.24. The van der Waals surface area contributed by atoms with Gasteiger partial charge in [0.1, 0.15) is 4.99 Å². The molecule has 0 radical (unpaired) electrons. The maximum Gasteiger partial charge on any atom is 0.244 e. The van der Waals surface area contributed by atoms with Gasteiger partial charge in [-0.1, -0.05) is 50.2 Å². The topological polar surface area (TPSA) is 63.4 Å². The predicted molar refractivity (Wildman–Crippen MR) is 88.8 cm³/mol. The van der Waals surface area contributed by atoms with Gasteiger partial charge in [-0.3, -0.25) is 0 Å². The summed E-state index contributed by atoms with van der Waals surface area (Å²) in [6.45, 7) is 2.62. The molecule has 0 saturated carbocycles. The molecule has 116 valence electrons. The van der Waals surface area contributed by atoms with Crippen LogP contribution in [0.3, 0.4) is 0 Å². The van der Waals surface area contributed by atoms with Gasteiger partial charge < -0.3 is 5.73 Å². The molecule has 6 heteroatoms. The Morgan fingerprint density at radius 1 is 1.33 bits per heavy atom. The molecule has 1 saturated heterocycles. The summed E-state index contributed by atoms with van der Waals surface area (Å²) in [5.74, 6) is 0. The Hall–Kier alpha value is -0.980. The Labute approximate surface area is 132 Å². The second-order valence-corrected chi connectivity index (χ2v) is 7.69. The molecule has 0 aliphatic carbocycles. The summed E-state index contributed by atoms with van der Waals surface area (Å²) >= 11 is 5.00. The highest BCUT2D eigenvalue weighted by atomic mass is 32.2. The average Bonchev–Trinajstić information content (AvgIpc) is 2.72. The van der Waals surface area contributed by atoms with Crippen molar-refractivity contribution in [2.24, 2.45) is 5.73 Å². The standard InChI is InChI=1S/C15H22N2O2S2/c1-2-12-8-4-3-7-11-17(12)21(18,19)14-10-6-5-9-13(14)15(16)20/h5-6,9-10,12H,2-4,7-8,11H2,1H3,(H2,16,20). The van der Waals surface area contributed by atoms with Gasteiger partial charge in [0.2, 0.25) is 10.0 Å². The molecule has 1 aromatic carbocycles. The van der Waals surface area contributed by atoms with Crippen LogP contribution in [0.25, 0.3) is 0 Å². The fraction of sp³-hybridized carbons (Fsp3) is 0.533. The minimum atomic E-state index is -3.56. The lowest BCUT2D eigenvalue weighted by Crippen LogP contribution is -2.40. The summed E-state index contributed by atoms with van der Waals surface area (Å²) in [6, 6.07) is 6.81. The van der Waals surface area contributed by atoms with Crippen LogP contribution < -0.4 is 5.73 Å². The monoisotopic (exact) mass is 326 g/mol. The van der Waals surface area contributed by atoms with Gasteiger partial charge in [0, 0.05) is 18.2 Å². The van der Waals surface area contributed by atoms with Crippen LogP contribution in [0.5, 0.6) is 0 Å². The summed E-state index contributed by atoms with van der Waals surface area (Å²) in [6.07, 6.45) is 4.82. The van der Waals surface area contributed by atoms with Crippen LogP contribution in [-0.2, 0) is 10.0 Å². The highest BCUT2D eigenvalue weighted by Crippen LogP contribution is 2.28. The van der Waals surface area contributed by atoms with Crippen molar-refractivity contribution in [2.45, 2.75) is 50.0 Å². The zero-order valence-corrected chi connectivity index (χ0v) is 13.9. The molecule has 21 heavy (non-hydrogen) atoms. The molecule has 0 spiro atoms. The van der Waals surface area contributed by atoms with Gasteiger partial charge in [-0.15, -0.1) is 0 Å². The van der Waals surface area contributed by atoms with E-state index >= 15 is 0 Å². The summed E-state index contributed by atoms with van der Waals surface area (Å²) < 4.78 is 27.7. The third-order valence-corrected chi connectivity index (χ3v) is 6.26. The smallest absolute Gasteiger partial charge is 0.244 e. The fourth-order valence-corrected chi connectivity index (χ4v) is 5.11. The third kappa shape index (κ3) is 3.44. The van der Waals surface area contributed by atoms with Crippen molar-refractivity contribution >= 4 is 27.2 Å². The molecule has 1 aliphatic heterocycles. The highest BCUT2D eigenvalue weighted by molar-refractivity contribution is 7.89. The van der Waals surface area contributed by atoms with Crippen LogP contribution in [0.15, 0.2) is 29.2 Å². The molecular formula is C15H22N2O2S2. The molecule has 1 atom stereocenters. The molecule has 2 N–H and O–H groups in total. The Bertz CT molecular complexity index is 614. The highest BCUT2D eigenvalue weighted by Gasteiger charge is 2.33. The van der Waals surface area contributed by atoms with E-state index < -0.39 is 10.0 Å². The Balaban J connectivity index is 2.47. The van der Waals surface area contributed by atoms with Gasteiger partial charge in [-0.05, 0) is 25.3 Å². The molecule has 1 aromatic rings. The van der Waals surface area contributed by atoms with Crippen molar-refractivity contribution in [3.8, 4) is 0 Å². The van der Waals surface area contributed by atoms with Crippen molar-refractivity contribution in [3.63, 3.8) is 0 Å². The Morgan fingerprint density at radius 3 is 2.71 bits per heavy atom. The van der Waals surface area contributed by atoms with E-state index in [1.54, 1.807) is 28.6 Å². The van der Waals surface area contributed by atoms with Crippen LogP contribution in [-0.4, -0.2) is 30.3 Å². The first-order valence-electron chi connectivity index (χ1n) is 7.39. The molecule has 1 fully saturated rings. The van der Waals surface area contributed by atoms with Crippen molar-refractivity contribution in [3.05, 3.63) is 29.8 Å². The van der Waals surface area contributed by atoms with Crippen molar-refractivity contribution < 1.29 is 8.42 Å². The molecule has 0 aromatic heterocycles. The second-order valence-electron chi connectivity index (χ2n) is 5.39. The molecule has 4 nitrogen and oxygen atoms in total. The molecule has 0 amide bonds. The minimum absolute atomic E-state index is 0.0666. The number of nitrogens with zero attached hydrogens (tertiary/aromatic N) is 1. The zero-order chi connectivity index (χ0) is 15.5. The first-order chi connectivity index (χ1) is 9.98. The molecule has 1 aliphatic rings. The third-order valence-electron chi connectivity index (χ3n) is 4.03. The quantitative estimate of drug-likeness (QED) is 0.864. The Morgan fingerprint density at radius 2 is 2.05 bits per heavy atom. The number of rotatable bonds is 4. The number of hydrogen-bond donors (Lipinski definition) is 1. The van der Waals surface area contributed by atoms with Gasteiger partial charge in [0.25, 0.3) is 0 Å². The average molecular weight is 326 g/mol. The zero-order valence-electron chi connectivity index (χ0n) is 12.3. The number of hydrogen-bond acceptors (Lipinski definition) is 3. The summed E-state index contributed by atoms with van der Waals surface area (Å²) in [7, 11) is -3.56. The molecule has 0 bridgehead atoms. The van der Waals surface area contributed by atoms with Crippen molar-refractivity contribution in [1.29, 1.82) is 0 Å². The minimum Gasteiger partial charge on any atom is -0.389 e. The lowest BCUT2D eigenvalue weighted by Gasteiger charge is -2.29. The maximum absolute atomic E-state index is 13.0. The van der Waals surface area contributed by atoms with E-state index in [1.165, 1.54) is 0 Å². The second kappa shape index (κ2) is 6.85. The van der Waals surface area contributed by atoms with E-state index in [0.717, 1.165) is 32.1 Å². The molecule has 2 rings (SSSR count). The lowest BCUT2D eigenvalue weighted by molar-refractivity contribution is 0.315. The molecule has 1 heterocycles. The normalized spacial score (nSPS) is 20.9. The SMILES string of the molecule is CCC1CCCCCN1S(=O)(=O)c1ccccc1C(N)=S. The summed E-state index contributed by atoms with van der Waals surface area (Å²) in [4.78, 5) is 0.356. The van der Waals surface area contributed by atoms with Crippen molar-refractivity contribution in [1.82, 2.24) is 4.31 Å². The van der Waals surface area contributed by atoms with Crippen LogP contribution in [0.4, 0.5) is 0 Å². The van der Waals surface area contributed by atoms with E-state index in [1.807, 2.05) is 6.92 Å². The van der Waals surface area contributed by atoms with E-state index in [2.05, 4.69) is 0 Å². The van der Waals surface area contributed by atoms with Gasteiger partial charge >= 0.3 is 0 Å². The van der Waals surface area contributed by atoms with E-state index in [4.69, 9.17) is 18.0 Å². The molecular weight excluding hydrogens is 304 g/mol. The van der Waals surface area contributed by atoms with Gasteiger partial charge in [0.05, 0.1) is 4.90 Å².